The first kappa shape index (κ1) is 15.7. The molecule has 1 aromatic heterocycles. The largest absolute Gasteiger partial charge is 0.368 e. The SMILES string of the molecule is CCCN1CCOC(c2nc(Cl)cc(C(C)(C)C)n2)C1. The van der Waals surface area contributed by atoms with Crippen LogP contribution in [0.5, 0.6) is 0 Å². The van der Waals surface area contributed by atoms with E-state index in [9.17, 15) is 0 Å². The minimum Gasteiger partial charge on any atom is -0.368 e. The van der Waals surface area contributed by atoms with Crippen molar-refractivity contribution < 1.29 is 4.74 Å². The lowest BCUT2D eigenvalue weighted by Gasteiger charge is -2.32. The van der Waals surface area contributed by atoms with Crippen LogP contribution in [0, 0.1) is 0 Å². The van der Waals surface area contributed by atoms with E-state index in [0.29, 0.717) is 11.0 Å². The monoisotopic (exact) mass is 297 g/mol. The topological polar surface area (TPSA) is 38.2 Å². The molecule has 2 rings (SSSR count). The molecule has 1 aliphatic heterocycles. The van der Waals surface area contributed by atoms with Crippen LogP contribution in [0.4, 0.5) is 0 Å². The molecule has 0 aliphatic carbocycles. The minimum absolute atomic E-state index is 0.0426. The van der Waals surface area contributed by atoms with Gasteiger partial charge in [0.1, 0.15) is 11.3 Å². The lowest BCUT2D eigenvalue weighted by molar-refractivity contribution is -0.0343. The van der Waals surface area contributed by atoms with E-state index in [-0.39, 0.29) is 11.5 Å². The van der Waals surface area contributed by atoms with E-state index in [1.54, 1.807) is 0 Å². The van der Waals surface area contributed by atoms with Crippen LogP contribution in [0.25, 0.3) is 0 Å². The van der Waals surface area contributed by atoms with Gasteiger partial charge in [-0.15, -0.1) is 0 Å². The van der Waals surface area contributed by atoms with Gasteiger partial charge >= 0.3 is 0 Å². The Morgan fingerprint density at radius 1 is 1.40 bits per heavy atom. The Kier molecular flexibility index (Phi) is 4.99. The maximum Gasteiger partial charge on any atom is 0.160 e. The average Bonchev–Trinajstić information content (AvgIpc) is 2.38. The standard InChI is InChI=1S/C15H24ClN3O/c1-5-6-19-7-8-20-11(10-19)14-17-12(15(2,3)4)9-13(16)18-14/h9,11H,5-8,10H2,1-4H3. The van der Waals surface area contributed by atoms with E-state index in [1.807, 2.05) is 6.07 Å². The van der Waals surface area contributed by atoms with E-state index in [0.717, 1.165) is 38.4 Å². The number of hydrogen-bond donors (Lipinski definition) is 0. The van der Waals surface area contributed by atoms with E-state index in [1.165, 1.54) is 0 Å². The Bertz CT molecular complexity index is 457. The van der Waals surface area contributed by atoms with Gasteiger partial charge in [0.2, 0.25) is 0 Å². The molecule has 0 aromatic carbocycles. The summed E-state index contributed by atoms with van der Waals surface area (Å²) in [5.41, 5.74) is 0.919. The third-order valence-electron chi connectivity index (χ3n) is 3.46. The maximum absolute atomic E-state index is 6.15. The van der Waals surface area contributed by atoms with Crippen molar-refractivity contribution in [2.24, 2.45) is 0 Å². The zero-order valence-corrected chi connectivity index (χ0v) is 13.6. The molecule has 1 fully saturated rings. The van der Waals surface area contributed by atoms with Crippen molar-refractivity contribution in [3.05, 3.63) is 22.7 Å². The van der Waals surface area contributed by atoms with Crippen LogP contribution in [-0.4, -0.2) is 41.1 Å². The molecule has 5 heteroatoms. The first-order chi connectivity index (χ1) is 9.40. The Balaban J connectivity index is 2.21. The van der Waals surface area contributed by atoms with Gasteiger partial charge in [0.15, 0.2) is 5.82 Å². The molecule has 0 amide bonds. The van der Waals surface area contributed by atoms with Crippen molar-refractivity contribution >= 4 is 11.6 Å². The molecule has 0 radical (unpaired) electrons. The molecule has 1 atom stereocenters. The van der Waals surface area contributed by atoms with Gasteiger partial charge in [0, 0.05) is 18.5 Å². The summed E-state index contributed by atoms with van der Waals surface area (Å²) in [4.78, 5) is 11.4. The van der Waals surface area contributed by atoms with Gasteiger partial charge in [-0.25, -0.2) is 9.97 Å². The molecule has 0 saturated carbocycles. The second-order valence-electron chi connectivity index (χ2n) is 6.34. The van der Waals surface area contributed by atoms with Gasteiger partial charge in [0.05, 0.1) is 12.3 Å². The van der Waals surface area contributed by atoms with Crippen LogP contribution in [0.2, 0.25) is 5.15 Å². The summed E-state index contributed by atoms with van der Waals surface area (Å²) >= 11 is 6.15. The van der Waals surface area contributed by atoms with Crippen LogP contribution in [0.1, 0.15) is 51.7 Å². The molecule has 4 nitrogen and oxygen atoms in total. The molecule has 112 valence electrons. The zero-order valence-electron chi connectivity index (χ0n) is 12.8. The van der Waals surface area contributed by atoms with Crippen LogP contribution in [-0.2, 0) is 10.2 Å². The molecule has 0 bridgehead atoms. The Morgan fingerprint density at radius 3 is 2.80 bits per heavy atom. The van der Waals surface area contributed by atoms with Crippen molar-refractivity contribution in [2.75, 3.05) is 26.2 Å². The van der Waals surface area contributed by atoms with E-state index in [4.69, 9.17) is 16.3 Å². The van der Waals surface area contributed by atoms with Gasteiger partial charge in [-0.2, -0.15) is 0 Å². The number of halogens is 1. The summed E-state index contributed by atoms with van der Waals surface area (Å²) in [6.07, 6.45) is 1.08. The van der Waals surface area contributed by atoms with Gasteiger partial charge in [-0.1, -0.05) is 39.3 Å². The quantitative estimate of drug-likeness (QED) is 0.803. The number of rotatable bonds is 3. The molecule has 0 spiro atoms. The van der Waals surface area contributed by atoms with E-state index < -0.39 is 0 Å². The second kappa shape index (κ2) is 6.37. The Morgan fingerprint density at radius 2 is 2.15 bits per heavy atom. The van der Waals surface area contributed by atoms with Crippen molar-refractivity contribution in [1.29, 1.82) is 0 Å². The highest BCUT2D eigenvalue weighted by Crippen LogP contribution is 2.26. The number of ether oxygens (including phenoxy) is 1. The van der Waals surface area contributed by atoms with Crippen LogP contribution in [0.15, 0.2) is 6.07 Å². The number of aromatic nitrogens is 2. The molecule has 1 aromatic rings. The molecule has 20 heavy (non-hydrogen) atoms. The molecule has 1 saturated heterocycles. The lowest BCUT2D eigenvalue weighted by atomic mass is 9.92. The third kappa shape index (κ3) is 3.90. The fraction of sp³-hybridized carbons (Fsp3) is 0.733. The van der Waals surface area contributed by atoms with Gasteiger partial charge in [-0.05, 0) is 19.0 Å². The van der Waals surface area contributed by atoms with Crippen molar-refractivity contribution in [1.82, 2.24) is 14.9 Å². The summed E-state index contributed by atoms with van der Waals surface area (Å²) in [6.45, 7) is 12.2. The lowest BCUT2D eigenvalue weighted by Crippen LogP contribution is -2.39. The number of nitrogens with zero attached hydrogens (tertiary/aromatic N) is 3. The third-order valence-corrected chi connectivity index (χ3v) is 3.65. The predicted octanol–water partition coefficient (Wildman–Crippen LogP) is 3.21. The smallest absolute Gasteiger partial charge is 0.160 e. The maximum atomic E-state index is 6.15. The summed E-state index contributed by atoms with van der Waals surface area (Å²) in [5, 5.41) is 0.496. The van der Waals surface area contributed by atoms with Crippen molar-refractivity contribution in [3.8, 4) is 0 Å². The summed E-state index contributed by atoms with van der Waals surface area (Å²) in [7, 11) is 0. The highest BCUT2D eigenvalue weighted by molar-refractivity contribution is 6.29. The zero-order chi connectivity index (χ0) is 14.8. The van der Waals surface area contributed by atoms with E-state index >= 15 is 0 Å². The molecule has 0 N–H and O–H groups in total. The highest BCUT2D eigenvalue weighted by Gasteiger charge is 2.26. The van der Waals surface area contributed by atoms with Crippen LogP contribution >= 0.6 is 11.6 Å². The second-order valence-corrected chi connectivity index (χ2v) is 6.73. The van der Waals surface area contributed by atoms with Crippen molar-refractivity contribution in [2.45, 2.75) is 45.6 Å². The number of hydrogen-bond acceptors (Lipinski definition) is 4. The molecule has 1 aliphatic rings. The normalized spacial score (nSPS) is 21.1. The summed E-state index contributed by atoms with van der Waals surface area (Å²) < 4.78 is 5.84. The minimum atomic E-state index is -0.0740. The fourth-order valence-corrected chi connectivity index (χ4v) is 2.53. The average molecular weight is 298 g/mol. The first-order valence-electron chi connectivity index (χ1n) is 7.29. The van der Waals surface area contributed by atoms with E-state index in [2.05, 4.69) is 42.6 Å². The van der Waals surface area contributed by atoms with Crippen LogP contribution in [0.3, 0.4) is 0 Å². The summed E-state index contributed by atoms with van der Waals surface area (Å²) in [6, 6.07) is 1.84. The molecular weight excluding hydrogens is 274 g/mol. The van der Waals surface area contributed by atoms with Gasteiger partial charge in [0.25, 0.3) is 0 Å². The molecule has 1 unspecified atom stereocenters. The van der Waals surface area contributed by atoms with Crippen molar-refractivity contribution in [3.63, 3.8) is 0 Å². The summed E-state index contributed by atoms with van der Waals surface area (Å²) in [5.74, 6) is 0.711. The predicted molar refractivity (Wildman–Crippen MR) is 81.2 cm³/mol. The Labute approximate surface area is 126 Å². The molecule has 2 heterocycles. The first-order valence-corrected chi connectivity index (χ1v) is 7.67. The van der Waals surface area contributed by atoms with Gasteiger partial charge in [-0.3, -0.25) is 4.90 Å². The number of morpholine rings is 1. The fourth-order valence-electron chi connectivity index (χ4n) is 2.34. The highest BCUT2D eigenvalue weighted by atomic mass is 35.5. The Hall–Kier alpha value is -0.710. The molecular formula is C15H24ClN3O. The van der Waals surface area contributed by atoms with Crippen LogP contribution < -0.4 is 0 Å². The van der Waals surface area contributed by atoms with Gasteiger partial charge < -0.3 is 4.74 Å².